The van der Waals surface area contributed by atoms with Gasteiger partial charge in [-0.25, -0.2) is 9.98 Å². The third-order valence-electron chi connectivity index (χ3n) is 4.21. The van der Waals surface area contributed by atoms with Gasteiger partial charge in [0.15, 0.2) is 0 Å². The highest BCUT2D eigenvalue weighted by Crippen LogP contribution is 2.28. The highest BCUT2D eigenvalue weighted by Gasteiger charge is 2.17. The first-order valence-electron chi connectivity index (χ1n) is 8.50. The molecule has 0 aliphatic rings. The molecule has 0 radical (unpaired) electrons. The van der Waals surface area contributed by atoms with Gasteiger partial charge >= 0.3 is 0 Å². The summed E-state index contributed by atoms with van der Waals surface area (Å²) in [5.74, 6) is 0. The third kappa shape index (κ3) is 4.67. The monoisotopic (exact) mass is 343 g/mol. The van der Waals surface area contributed by atoms with Crippen LogP contribution in [-0.4, -0.2) is 29.8 Å². The second-order valence-corrected chi connectivity index (χ2v) is 8.38. The highest BCUT2D eigenvalue weighted by molar-refractivity contribution is 7.09. The maximum absolute atomic E-state index is 4.82. The van der Waals surface area contributed by atoms with Crippen LogP contribution < -0.4 is 0 Å². The Kier molecular flexibility index (Phi) is 5.81. The minimum atomic E-state index is 0.115. The maximum Gasteiger partial charge on any atom is 0.0972 e. The van der Waals surface area contributed by atoms with Crippen molar-refractivity contribution in [1.29, 1.82) is 0 Å². The van der Waals surface area contributed by atoms with Gasteiger partial charge in [-0.2, -0.15) is 0 Å². The van der Waals surface area contributed by atoms with Crippen molar-refractivity contribution < 1.29 is 0 Å². The van der Waals surface area contributed by atoms with Crippen molar-refractivity contribution >= 4 is 23.4 Å². The van der Waals surface area contributed by atoms with E-state index in [0.717, 1.165) is 18.7 Å². The molecule has 0 fully saturated rings. The van der Waals surface area contributed by atoms with Gasteiger partial charge in [-0.15, -0.1) is 11.3 Å². The Morgan fingerprint density at radius 1 is 1.21 bits per heavy atom. The largest absolute Gasteiger partial charge is 0.366 e. The first-order valence-corrected chi connectivity index (χ1v) is 9.38. The van der Waals surface area contributed by atoms with Crippen molar-refractivity contribution in [2.24, 2.45) is 4.99 Å². The van der Waals surface area contributed by atoms with E-state index in [9.17, 15) is 0 Å². The van der Waals surface area contributed by atoms with Crippen molar-refractivity contribution in [3.05, 3.63) is 44.9 Å². The summed E-state index contributed by atoms with van der Waals surface area (Å²) in [4.78, 5) is 11.5. The van der Waals surface area contributed by atoms with Crippen LogP contribution in [0.15, 0.2) is 22.5 Å². The average Bonchev–Trinajstić information content (AvgIpc) is 2.97. The first kappa shape index (κ1) is 18.7. The number of hydrogen-bond acceptors (Lipinski definition) is 3. The molecule has 3 nitrogen and oxygen atoms in total. The SMILES string of the molecule is CCN(C)C=Nc1cc(C)c(Cc2nc(C(C)(C)C)cs2)cc1C. The summed E-state index contributed by atoms with van der Waals surface area (Å²) in [5, 5.41) is 3.38. The van der Waals surface area contributed by atoms with Crippen molar-refractivity contribution in [2.45, 2.75) is 53.4 Å². The predicted molar refractivity (Wildman–Crippen MR) is 106 cm³/mol. The van der Waals surface area contributed by atoms with Crippen LogP contribution in [0.3, 0.4) is 0 Å². The predicted octanol–water partition coefficient (Wildman–Crippen LogP) is 5.26. The summed E-state index contributed by atoms with van der Waals surface area (Å²) in [6.07, 6.45) is 2.80. The molecule has 2 aromatic rings. The zero-order valence-corrected chi connectivity index (χ0v) is 16.8. The van der Waals surface area contributed by atoms with Gasteiger partial charge in [-0.3, -0.25) is 0 Å². The van der Waals surface area contributed by atoms with E-state index >= 15 is 0 Å². The number of aliphatic imine (C=N–C) groups is 1. The Hall–Kier alpha value is -1.68. The van der Waals surface area contributed by atoms with E-state index in [1.54, 1.807) is 11.3 Å². The molecule has 0 aliphatic heterocycles. The molecule has 0 N–H and O–H groups in total. The lowest BCUT2D eigenvalue weighted by Gasteiger charge is -2.14. The fourth-order valence-corrected chi connectivity index (χ4v) is 3.38. The van der Waals surface area contributed by atoms with Gasteiger partial charge in [0.05, 0.1) is 22.7 Å². The molecule has 24 heavy (non-hydrogen) atoms. The first-order chi connectivity index (χ1) is 11.2. The number of rotatable bonds is 5. The molecule has 0 bridgehead atoms. The molecule has 0 unspecified atom stereocenters. The van der Waals surface area contributed by atoms with E-state index < -0.39 is 0 Å². The van der Waals surface area contributed by atoms with E-state index in [1.807, 2.05) is 13.4 Å². The van der Waals surface area contributed by atoms with E-state index in [2.05, 4.69) is 68.9 Å². The molecule has 0 saturated heterocycles. The summed E-state index contributed by atoms with van der Waals surface area (Å²) in [5.41, 5.74) is 6.17. The lowest BCUT2D eigenvalue weighted by molar-refractivity contribution is 0.552. The molecule has 130 valence electrons. The van der Waals surface area contributed by atoms with Gasteiger partial charge in [0.1, 0.15) is 0 Å². The normalized spacial score (nSPS) is 12.1. The van der Waals surface area contributed by atoms with E-state index in [4.69, 9.17) is 4.98 Å². The number of hydrogen-bond donors (Lipinski definition) is 0. The van der Waals surface area contributed by atoms with Crippen LogP contribution in [0.2, 0.25) is 0 Å². The van der Waals surface area contributed by atoms with Gasteiger partial charge in [0, 0.05) is 30.8 Å². The van der Waals surface area contributed by atoms with Crippen LogP contribution in [0.5, 0.6) is 0 Å². The fourth-order valence-electron chi connectivity index (χ4n) is 2.33. The van der Waals surface area contributed by atoms with Crippen LogP contribution >= 0.6 is 11.3 Å². The third-order valence-corrected chi connectivity index (χ3v) is 5.06. The highest BCUT2D eigenvalue weighted by atomic mass is 32.1. The van der Waals surface area contributed by atoms with Gasteiger partial charge in [0.25, 0.3) is 0 Å². The lowest BCUT2D eigenvalue weighted by atomic mass is 9.93. The molecule has 4 heteroatoms. The molecule has 0 spiro atoms. The molecule has 1 heterocycles. The van der Waals surface area contributed by atoms with Crippen LogP contribution in [-0.2, 0) is 11.8 Å². The minimum Gasteiger partial charge on any atom is -0.366 e. The number of thiazole rings is 1. The second-order valence-electron chi connectivity index (χ2n) is 7.44. The van der Waals surface area contributed by atoms with Gasteiger partial charge < -0.3 is 4.90 Å². The molecule has 0 atom stereocenters. The molecular formula is C20H29N3S. The summed E-state index contributed by atoms with van der Waals surface area (Å²) < 4.78 is 0. The van der Waals surface area contributed by atoms with Crippen LogP contribution in [0.25, 0.3) is 0 Å². The molecule has 1 aromatic heterocycles. The van der Waals surface area contributed by atoms with Crippen molar-refractivity contribution in [3.8, 4) is 0 Å². The van der Waals surface area contributed by atoms with Gasteiger partial charge in [0.2, 0.25) is 0 Å². The summed E-state index contributed by atoms with van der Waals surface area (Å²) in [7, 11) is 2.04. The summed E-state index contributed by atoms with van der Waals surface area (Å²) in [6, 6.07) is 4.44. The van der Waals surface area contributed by atoms with Gasteiger partial charge in [-0.05, 0) is 43.5 Å². The van der Waals surface area contributed by atoms with E-state index in [-0.39, 0.29) is 5.41 Å². The molecule has 0 amide bonds. The van der Waals surface area contributed by atoms with Crippen molar-refractivity contribution in [3.63, 3.8) is 0 Å². The van der Waals surface area contributed by atoms with E-state index in [1.165, 1.54) is 27.4 Å². The number of benzene rings is 1. The van der Waals surface area contributed by atoms with E-state index in [0.29, 0.717) is 0 Å². The van der Waals surface area contributed by atoms with Crippen LogP contribution in [0, 0.1) is 13.8 Å². The summed E-state index contributed by atoms with van der Waals surface area (Å²) >= 11 is 1.76. The Morgan fingerprint density at radius 3 is 2.50 bits per heavy atom. The average molecular weight is 344 g/mol. The molecule has 1 aromatic carbocycles. The Morgan fingerprint density at radius 2 is 1.92 bits per heavy atom. The smallest absolute Gasteiger partial charge is 0.0972 e. The lowest BCUT2D eigenvalue weighted by Crippen LogP contribution is -2.14. The quantitative estimate of drug-likeness (QED) is 0.547. The standard InChI is InChI=1S/C20H29N3S/c1-8-23(7)13-21-17-10-14(2)16(9-15(17)3)11-19-22-18(12-24-19)20(4,5)6/h9-10,12-13H,8,11H2,1-7H3. The summed E-state index contributed by atoms with van der Waals surface area (Å²) in [6.45, 7) is 14.0. The molecule has 0 saturated carbocycles. The second kappa shape index (κ2) is 7.47. The number of nitrogens with zero attached hydrogens (tertiary/aromatic N) is 3. The molecular weight excluding hydrogens is 314 g/mol. The van der Waals surface area contributed by atoms with Gasteiger partial charge in [-0.1, -0.05) is 26.8 Å². The Labute approximate surface area is 150 Å². The Bertz CT molecular complexity index is 723. The Balaban J connectivity index is 2.22. The molecule has 2 rings (SSSR count). The maximum atomic E-state index is 4.82. The van der Waals surface area contributed by atoms with Crippen molar-refractivity contribution in [2.75, 3.05) is 13.6 Å². The zero-order valence-electron chi connectivity index (χ0n) is 16.0. The van der Waals surface area contributed by atoms with Crippen LogP contribution in [0.4, 0.5) is 5.69 Å². The topological polar surface area (TPSA) is 28.5 Å². The zero-order chi connectivity index (χ0) is 17.9. The molecule has 0 aliphatic carbocycles. The number of aryl methyl sites for hydroxylation is 2. The van der Waals surface area contributed by atoms with Crippen LogP contribution in [0.1, 0.15) is 55.1 Å². The fraction of sp³-hybridized carbons (Fsp3) is 0.500. The minimum absolute atomic E-state index is 0.115. The number of aromatic nitrogens is 1. The van der Waals surface area contributed by atoms with Crippen molar-refractivity contribution in [1.82, 2.24) is 9.88 Å².